The Bertz CT molecular complexity index is 517. The van der Waals surface area contributed by atoms with Gasteiger partial charge in [-0.15, -0.1) is 0 Å². The van der Waals surface area contributed by atoms with Crippen molar-refractivity contribution in [1.29, 1.82) is 0 Å². The Morgan fingerprint density at radius 3 is 2.52 bits per heavy atom. The lowest BCUT2D eigenvalue weighted by Gasteiger charge is -2.22. The molecule has 1 aromatic rings. The van der Waals surface area contributed by atoms with E-state index >= 15 is 0 Å². The molecule has 2 aliphatic rings. The largest absolute Gasteiger partial charge is 0.462 e. The fraction of sp³-hybridized carbons (Fsp3) is 0.650. The van der Waals surface area contributed by atoms with Gasteiger partial charge in [0, 0.05) is 5.92 Å². The number of benzene rings is 1. The standard InChI is InChI=1S/C20H28O3/c1-20(2)17(14-22-13-15-9-5-3-6-10-15)18(20)19(21)23-16-11-7-4-8-12-16/h3,5-6,9-10,16-18H,4,7-8,11-14H2,1-2H3. The summed E-state index contributed by atoms with van der Waals surface area (Å²) in [6.45, 7) is 5.54. The van der Waals surface area contributed by atoms with Gasteiger partial charge in [0.05, 0.1) is 19.1 Å². The summed E-state index contributed by atoms with van der Waals surface area (Å²) in [5.74, 6) is 0.276. The summed E-state index contributed by atoms with van der Waals surface area (Å²) in [4.78, 5) is 12.5. The summed E-state index contributed by atoms with van der Waals surface area (Å²) in [6, 6.07) is 10.2. The monoisotopic (exact) mass is 316 g/mol. The molecule has 3 heteroatoms. The molecule has 2 saturated carbocycles. The fourth-order valence-electron chi connectivity index (χ4n) is 3.82. The number of hydrogen-bond acceptors (Lipinski definition) is 3. The second-order valence-corrected chi connectivity index (χ2v) is 7.60. The van der Waals surface area contributed by atoms with Crippen molar-refractivity contribution in [3.05, 3.63) is 35.9 Å². The van der Waals surface area contributed by atoms with Gasteiger partial charge in [-0.05, 0) is 36.7 Å². The summed E-state index contributed by atoms with van der Waals surface area (Å²) < 4.78 is 11.6. The molecule has 0 saturated heterocycles. The van der Waals surface area contributed by atoms with Crippen LogP contribution in [-0.4, -0.2) is 18.7 Å². The Kier molecular flexibility index (Phi) is 5.05. The van der Waals surface area contributed by atoms with Crippen LogP contribution in [0.4, 0.5) is 0 Å². The van der Waals surface area contributed by atoms with Crippen molar-refractivity contribution >= 4 is 5.97 Å². The molecule has 126 valence electrons. The summed E-state index contributed by atoms with van der Waals surface area (Å²) in [5, 5.41) is 0. The minimum Gasteiger partial charge on any atom is -0.462 e. The van der Waals surface area contributed by atoms with Crippen LogP contribution in [-0.2, 0) is 20.9 Å². The lowest BCUT2D eigenvalue weighted by atomic mass is 9.98. The highest BCUT2D eigenvalue weighted by molar-refractivity contribution is 5.77. The van der Waals surface area contributed by atoms with Crippen LogP contribution < -0.4 is 0 Å². The van der Waals surface area contributed by atoms with E-state index < -0.39 is 0 Å². The van der Waals surface area contributed by atoms with Crippen LogP contribution >= 0.6 is 0 Å². The second-order valence-electron chi connectivity index (χ2n) is 7.60. The highest BCUT2D eigenvalue weighted by Crippen LogP contribution is 2.59. The van der Waals surface area contributed by atoms with Crippen LogP contribution in [0.15, 0.2) is 30.3 Å². The molecule has 3 nitrogen and oxygen atoms in total. The molecule has 0 N–H and O–H groups in total. The number of esters is 1. The Hall–Kier alpha value is -1.35. The molecular formula is C20H28O3. The molecule has 1 aromatic carbocycles. The zero-order valence-electron chi connectivity index (χ0n) is 14.3. The minimum absolute atomic E-state index is 0.000185. The van der Waals surface area contributed by atoms with Crippen molar-refractivity contribution in [2.45, 2.75) is 58.7 Å². The summed E-state index contributed by atoms with van der Waals surface area (Å²) >= 11 is 0. The molecule has 3 rings (SSSR count). The number of ether oxygens (including phenoxy) is 2. The Balaban J connectivity index is 1.45. The van der Waals surface area contributed by atoms with Crippen LogP contribution in [0.2, 0.25) is 0 Å². The molecule has 0 heterocycles. The minimum atomic E-state index is -0.00443. The van der Waals surface area contributed by atoms with Crippen molar-refractivity contribution in [2.75, 3.05) is 6.61 Å². The van der Waals surface area contributed by atoms with Crippen LogP contribution in [0.5, 0.6) is 0 Å². The van der Waals surface area contributed by atoms with Gasteiger partial charge in [-0.1, -0.05) is 50.6 Å². The van der Waals surface area contributed by atoms with E-state index in [4.69, 9.17) is 9.47 Å². The molecule has 2 unspecified atom stereocenters. The van der Waals surface area contributed by atoms with E-state index in [2.05, 4.69) is 26.0 Å². The van der Waals surface area contributed by atoms with Gasteiger partial charge < -0.3 is 9.47 Å². The molecule has 0 aliphatic heterocycles. The van der Waals surface area contributed by atoms with E-state index in [0.717, 1.165) is 12.8 Å². The molecule has 0 aromatic heterocycles. The highest BCUT2D eigenvalue weighted by atomic mass is 16.5. The molecule has 2 fully saturated rings. The van der Waals surface area contributed by atoms with Crippen LogP contribution in [0.25, 0.3) is 0 Å². The molecule has 0 radical (unpaired) electrons. The maximum atomic E-state index is 12.5. The van der Waals surface area contributed by atoms with Crippen LogP contribution in [0.3, 0.4) is 0 Å². The summed E-state index contributed by atoms with van der Waals surface area (Å²) in [5.41, 5.74) is 1.18. The topological polar surface area (TPSA) is 35.5 Å². The molecular weight excluding hydrogens is 288 g/mol. The smallest absolute Gasteiger partial charge is 0.310 e. The molecule has 0 spiro atoms. The Labute approximate surface area is 139 Å². The van der Waals surface area contributed by atoms with Crippen molar-refractivity contribution in [3.8, 4) is 0 Å². The first-order valence-corrected chi connectivity index (χ1v) is 8.91. The molecule has 0 bridgehead atoms. The number of hydrogen-bond donors (Lipinski definition) is 0. The number of carbonyl (C=O) groups is 1. The SMILES string of the molecule is CC1(C)C(COCc2ccccc2)C1C(=O)OC1CCCCC1. The number of rotatable bonds is 6. The van der Waals surface area contributed by atoms with Crippen molar-refractivity contribution in [3.63, 3.8) is 0 Å². The van der Waals surface area contributed by atoms with Crippen molar-refractivity contribution in [1.82, 2.24) is 0 Å². The number of carbonyl (C=O) groups excluding carboxylic acids is 1. The van der Waals surface area contributed by atoms with E-state index in [0.29, 0.717) is 13.2 Å². The van der Waals surface area contributed by atoms with Gasteiger partial charge >= 0.3 is 5.97 Å². The Morgan fingerprint density at radius 1 is 1.13 bits per heavy atom. The van der Waals surface area contributed by atoms with Crippen molar-refractivity contribution < 1.29 is 14.3 Å². The van der Waals surface area contributed by atoms with E-state index in [9.17, 15) is 4.79 Å². The Morgan fingerprint density at radius 2 is 1.83 bits per heavy atom. The molecule has 0 amide bonds. The van der Waals surface area contributed by atoms with Gasteiger partial charge in [-0.3, -0.25) is 4.79 Å². The summed E-state index contributed by atoms with van der Waals surface area (Å²) in [6.07, 6.45) is 5.88. The first-order chi connectivity index (χ1) is 11.1. The van der Waals surface area contributed by atoms with Gasteiger partial charge in [-0.2, -0.15) is 0 Å². The zero-order valence-corrected chi connectivity index (χ0v) is 14.3. The third-order valence-electron chi connectivity index (χ3n) is 5.55. The van der Waals surface area contributed by atoms with E-state index in [1.807, 2.05) is 18.2 Å². The normalized spacial score (nSPS) is 26.7. The van der Waals surface area contributed by atoms with Gasteiger partial charge in [0.2, 0.25) is 0 Å². The second kappa shape index (κ2) is 7.04. The highest BCUT2D eigenvalue weighted by Gasteiger charge is 2.62. The molecule has 2 atom stereocenters. The maximum Gasteiger partial charge on any atom is 0.310 e. The van der Waals surface area contributed by atoms with Gasteiger partial charge in [-0.25, -0.2) is 0 Å². The lowest BCUT2D eigenvalue weighted by Crippen LogP contribution is -2.23. The predicted octanol–water partition coefficient (Wildman–Crippen LogP) is 4.35. The fourth-order valence-corrected chi connectivity index (χ4v) is 3.82. The first-order valence-electron chi connectivity index (χ1n) is 8.91. The van der Waals surface area contributed by atoms with Crippen molar-refractivity contribution in [2.24, 2.45) is 17.3 Å². The van der Waals surface area contributed by atoms with E-state index in [-0.39, 0.29) is 29.3 Å². The van der Waals surface area contributed by atoms with Gasteiger partial charge in [0.25, 0.3) is 0 Å². The van der Waals surface area contributed by atoms with E-state index in [1.165, 1.54) is 24.8 Å². The molecule has 23 heavy (non-hydrogen) atoms. The third kappa shape index (κ3) is 3.95. The zero-order chi connectivity index (χ0) is 16.3. The van der Waals surface area contributed by atoms with Crippen LogP contribution in [0, 0.1) is 17.3 Å². The van der Waals surface area contributed by atoms with E-state index in [1.54, 1.807) is 0 Å². The average molecular weight is 316 g/mol. The maximum absolute atomic E-state index is 12.5. The summed E-state index contributed by atoms with van der Waals surface area (Å²) in [7, 11) is 0. The predicted molar refractivity (Wildman–Crippen MR) is 89.8 cm³/mol. The van der Waals surface area contributed by atoms with Gasteiger partial charge in [0.15, 0.2) is 0 Å². The quantitative estimate of drug-likeness (QED) is 0.732. The van der Waals surface area contributed by atoms with Crippen LogP contribution in [0.1, 0.15) is 51.5 Å². The first kappa shape index (κ1) is 16.5. The van der Waals surface area contributed by atoms with Gasteiger partial charge in [0.1, 0.15) is 6.10 Å². The molecule has 2 aliphatic carbocycles. The average Bonchev–Trinajstić information content (AvgIpc) is 3.10. The lowest BCUT2D eigenvalue weighted by molar-refractivity contribution is -0.153. The third-order valence-corrected chi connectivity index (χ3v) is 5.55.